The van der Waals surface area contributed by atoms with E-state index in [0.717, 1.165) is 41.0 Å². The molecule has 1 unspecified atom stereocenters. The van der Waals surface area contributed by atoms with Crippen molar-refractivity contribution in [1.29, 1.82) is 0 Å². The van der Waals surface area contributed by atoms with Crippen molar-refractivity contribution in [2.24, 2.45) is 0 Å². The fourth-order valence-corrected chi connectivity index (χ4v) is 4.88. The van der Waals surface area contributed by atoms with Crippen molar-refractivity contribution in [3.63, 3.8) is 0 Å². The lowest BCUT2D eigenvalue weighted by Crippen LogP contribution is -2.25. The van der Waals surface area contributed by atoms with E-state index in [1.807, 2.05) is 19.1 Å². The molecule has 35 heavy (non-hydrogen) atoms. The van der Waals surface area contributed by atoms with Gasteiger partial charge in [0.05, 0.1) is 16.0 Å². The maximum absolute atomic E-state index is 12.7. The normalized spacial score (nSPS) is 13.2. The number of sulfonamides is 1. The third kappa shape index (κ3) is 6.39. The first kappa shape index (κ1) is 26.7. The van der Waals surface area contributed by atoms with Crippen molar-refractivity contribution in [3.8, 4) is 11.1 Å². The van der Waals surface area contributed by atoms with Crippen LogP contribution in [0.4, 0.5) is 13.2 Å². The third-order valence-electron chi connectivity index (χ3n) is 5.86. The zero-order valence-electron chi connectivity index (χ0n) is 19.0. The standard InChI is InChI=1S/C25H26F3NO5S/c1-16(15-30)17-5-11-21-18(14-23(24(31)32)22(21)12-6-17)4-2-3-13-29-35(33,34)20-9-7-19(8-10-20)25(26,27)28/h5-12,14,16,29-30H,2-4,13,15H2,1H3,(H,31,32). The molecule has 0 bridgehead atoms. The van der Waals surface area contributed by atoms with Gasteiger partial charge in [-0.3, -0.25) is 0 Å². The van der Waals surface area contributed by atoms with E-state index in [0.29, 0.717) is 24.8 Å². The Kier molecular flexibility index (Phi) is 8.19. The number of aromatic carboxylic acids is 1. The molecule has 1 atom stereocenters. The molecule has 0 saturated carbocycles. The molecule has 6 nitrogen and oxygen atoms in total. The minimum atomic E-state index is -4.54. The lowest BCUT2D eigenvalue weighted by atomic mass is 10.0. The summed E-state index contributed by atoms with van der Waals surface area (Å²) in [6, 6.07) is 12.1. The number of fused-ring (bicyclic) bond motifs is 1. The van der Waals surface area contributed by atoms with Crippen molar-refractivity contribution < 1.29 is 36.6 Å². The molecular weight excluding hydrogens is 483 g/mol. The fourth-order valence-electron chi connectivity index (χ4n) is 3.81. The quantitative estimate of drug-likeness (QED) is 0.337. The molecule has 188 valence electrons. The maximum Gasteiger partial charge on any atom is 0.416 e. The van der Waals surface area contributed by atoms with Gasteiger partial charge in [-0.15, -0.1) is 0 Å². The molecule has 1 aromatic rings. The Labute approximate surface area is 201 Å². The highest BCUT2D eigenvalue weighted by molar-refractivity contribution is 7.89. The molecule has 2 aliphatic rings. The van der Waals surface area contributed by atoms with E-state index in [4.69, 9.17) is 0 Å². The van der Waals surface area contributed by atoms with Gasteiger partial charge in [0.2, 0.25) is 10.0 Å². The van der Waals surface area contributed by atoms with Crippen molar-refractivity contribution in [3.05, 3.63) is 76.9 Å². The van der Waals surface area contributed by atoms with Crippen LogP contribution in [-0.4, -0.2) is 37.8 Å². The smallest absolute Gasteiger partial charge is 0.416 e. The number of halogens is 3. The predicted octanol–water partition coefficient (Wildman–Crippen LogP) is 4.91. The molecular formula is C25H26F3NO5S. The summed E-state index contributed by atoms with van der Waals surface area (Å²) in [5, 5.41) is 19.0. The van der Waals surface area contributed by atoms with Gasteiger partial charge in [-0.2, -0.15) is 13.2 Å². The Bertz CT molecular complexity index is 1260. The second kappa shape index (κ2) is 10.8. The molecule has 2 aliphatic carbocycles. The number of hydrogen-bond donors (Lipinski definition) is 3. The number of aliphatic hydroxyl groups is 1. The lowest BCUT2D eigenvalue weighted by Gasteiger charge is -2.09. The highest BCUT2D eigenvalue weighted by Crippen LogP contribution is 2.34. The molecule has 3 N–H and O–H groups in total. The average Bonchev–Trinajstić information content (AvgIpc) is 3.00. The zero-order valence-corrected chi connectivity index (χ0v) is 19.8. The van der Waals surface area contributed by atoms with Gasteiger partial charge in [-0.05, 0) is 71.8 Å². The van der Waals surface area contributed by atoms with Crippen LogP contribution in [0.25, 0.3) is 11.1 Å². The average molecular weight is 510 g/mol. The number of aliphatic hydroxyl groups excluding tert-OH is 1. The van der Waals surface area contributed by atoms with Gasteiger partial charge in [-0.1, -0.05) is 31.2 Å². The number of hydrogen-bond acceptors (Lipinski definition) is 4. The van der Waals surface area contributed by atoms with Crippen molar-refractivity contribution >= 4 is 16.0 Å². The number of benzene rings is 1. The number of carboxylic acid groups (broad SMARTS) is 1. The van der Waals surface area contributed by atoms with Crippen LogP contribution in [0.15, 0.2) is 59.5 Å². The molecule has 3 rings (SSSR count). The van der Waals surface area contributed by atoms with Gasteiger partial charge < -0.3 is 10.2 Å². The molecule has 0 aliphatic heterocycles. The van der Waals surface area contributed by atoms with Crippen LogP contribution in [0.2, 0.25) is 0 Å². The molecule has 10 heteroatoms. The number of unbranched alkanes of at least 4 members (excludes halogenated alkanes) is 1. The Hall–Kier alpha value is -2.95. The summed E-state index contributed by atoms with van der Waals surface area (Å²) in [4.78, 5) is 11.5. The summed E-state index contributed by atoms with van der Waals surface area (Å²) in [5.74, 6) is -1.14. The van der Waals surface area contributed by atoms with Crippen LogP contribution in [0.3, 0.4) is 0 Å². The van der Waals surface area contributed by atoms with Crippen LogP contribution >= 0.6 is 0 Å². The van der Waals surface area contributed by atoms with Crippen molar-refractivity contribution in [2.45, 2.75) is 43.2 Å². The molecule has 0 fully saturated rings. The molecule has 0 radical (unpaired) electrons. The van der Waals surface area contributed by atoms with E-state index < -0.39 is 27.7 Å². The first-order valence-electron chi connectivity index (χ1n) is 11.0. The maximum atomic E-state index is 12.7. The number of rotatable bonds is 10. The van der Waals surface area contributed by atoms with E-state index in [-0.39, 0.29) is 29.5 Å². The van der Waals surface area contributed by atoms with Crippen LogP contribution in [0.1, 0.15) is 52.7 Å². The Morgan fingerprint density at radius 2 is 1.63 bits per heavy atom. The molecule has 0 saturated heterocycles. The van der Waals surface area contributed by atoms with Crippen LogP contribution < -0.4 is 4.72 Å². The monoisotopic (exact) mass is 509 g/mol. The van der Waals surface area contributed by atoms with Gasteiger partial charge >= 0.3 is 12.1 Å². The first-order chi connectivity index (χ1) is 16.4. The van der Waals surface area contributed by atoms with E-state index in [2.05, 4.69) is 4.72 Å². The van der Waals surface area contributed by atoms with E-state index >= 15 is 0 Å². The summed E-state index contributed by atoms with van der Waals surface area (Å²) in [5.41, 5.74) is 2.32. The fraction of sp³-hybridized carbons (Fsp3) is 0.320. The minimum Gasteiger partial charge on any atom is -0.478 e. The number of carbonyl (C=O) groups is 1. The summed E-state index contributed by atoms with van der Waals surface area (Å²) < 4.78 is 65.1. The molecule has 0 aromatic heterocycles. The van der Waals surface area contributed by atoms with Crippen LogP contribution in [0, 0.1) is 0 Å². The number of alkyl halides is 3. The van der Waals surface area contributed by atoms with E-state index in [1.165, 1.54) is 0 Å². The first-order valence-corrected chi connectivity index (χ1v) is 12.5. The Morgan fingerprint density at radius 3 is 2.20 bits per heavy atom. The molecule has 0 heterocycles. The molecule has 1 aromatic carbocycles. The minimum absolute atomic E-state index is 0.0325. The van der Waals surface area contributed by atoms with Gasteiger partial charge in [-0.25, -0.2) is 17.9 Å². The Morgan fingerprint density at radius 1 is 1.00 bits per heavy atom. The van der Waals surface area contributed by atoms with Gasteiger partial charge in [0, 0.05) is 19.1 Å². The SMILES string of the molecule is CC(CO)c1ccc2c(CCCCNS(=O)(=O)c3ccc(C(F)(F)F)cc3)cc(C(=O)O)c-2cc1. The molecule has 0 spiro atoms. The summed E-state index contributed by atoms with van der Waals surface area (Å²) in [7, 11) is -3.95. The predicted molar refractivity (Wildman–Crippen MR) is 125 cm³/mol. The topological polar surface area (TPSA) is 104 Å². The van der Waals surface area contributed by atoms with Crippen LogP contribution in [0.5, 0.6) is 0 Å². The molecule has 0 amide bonds. The zero-order chi connectivity index (χ0) is 25.8. The van der Waals surface area contributed by atoms with Crippen molar-refractivity contribution in [2.75, 3.05) is 13.2 Å². The summed E-state index contributed by atoms with van der Waals surface area (Å²) >= 11 is 0. The van der Waals surface area contributed by atoms with Gasteiger partial charge in [0.25, 0.3) is 0 Å². The second-order valence-electron chi connectivity index (χ2n) is 8.34. The van der Waals surface area contributed by atoms with E-state index in [9.17, 15) is 36.6 Å². The Balaban J connectivity index is 1.64. The van der Waals surface area contributed by atoms with Gasteiger partial charge in [0.1, 0.15) is 0 Å². The largest absolute Gasteiger partial charge is 0.478 e. The van der Waals surface area contributed by atoms with E-state index in [1.54, 1.807) is 18.2 Å². The highest BCUT2D eigenvalue weighted by atomic mass is 32.2. The summed E-state index contributed by atoms with van der Waals surface area (Å²) in [6.07, 6.45) is -3.02. The number of aryl methyl sites for hydroxylation is 1. The number of nitrogens with one attached hydrogen (secondary N) is 1. The second-order valence-corrected chi connectivity index (χ2v) is 10.1. The van der Waals surface area contributed by atoms with Gasteiger partial charge in [0.15, 0.2) is 0 Å². The summed E-state index contributed by atoms with van der Waals surface area (Å²) in [6.45, 7) is 1.92. The number of carboxylic acids is 1. The van der Waals surface area contributed by atoms with Crippen molar-refractivity contribution in [1.82, 2.24) is 4.72 Å². The van der Waals surface area contributed by atoms with Crippen LogP contribution in [-0.2, 0) is 22.6 Å². The lowest BCUT2D eigenvalue weighted by molar-refractivity contribution is -0.137. The third-order valence-corrected chi connectivity index (χ3v) is 7.34. The highest BCUT2D eigenvalue weighted by Gasteiger charge is 2.30.